The smallest absolute Gasteiger partial charge is 0.119 e. The zero-order chi connectivity index (χ0) is 23.8. The number of rotatable bonds is 16. The van der Waals surface area contributed by atoms with Crippen LogP contribution in [-0.2, 0) is 0 Å². The third-order valence-corrected chi connectivity index (χ3v) is 6.00. The molecule has 0 saturated heterocycles. The van der Waals surface area contributed by atoms with Crippen molar-refractivity contribution in [3.05, 3.63) is 60.7 Å². The van der Waals surface area contributed by atoms with E-state index in [4.69, 9.17) is 9.47 Å². The molecular formula is C30H40N2O2. The van der Waals surface area contributed by atoms with Crippen LogP contribution >= 0.6 is 0 Å². The van der Waals surface area contributed by atoms with E-state index in [1.165, 1.54) is 51.4 Å². The van der Waals surface area contributed by atoms with E-state index in [0.29, 0.717) is 0 Å². The number of benzene rings is 2. The molecule has 34 heavy (non-hydrogen) atoms. The van der Waals surface area contributed by atoms with Gasteiger partial charge in [0.05, 0.1) is 24.6 Å². The third-order valence-electron chi connectivity index (χ3n) is 6.00. The van der Waals surface area contributed by atoms with Crippen molar-refractivity contribution in [2.24, 2.45) is 0 Å². The summed E-state index contributed by atoms with van der Waals surface area (Å²) < 4.78 is 11.7. The minimum atomic E-state index is 0.778. The van der Waals surface area contributed by atoms with E-state index in [0.717, 1.165) is 60.1 Å². The number of hydrogen-bond donors (Lipinski definition) is 0. The summed E-state index contributed by atoms with van der Waals surface area (Å²) in [7, 11) is 0. The van der Waals surface area contributed by atoms with Gasteiger partial charge >= 0.3 is 0 Å². The average Bonchev–Trinajstić information content (AvgIpc) is 2.89. The second kappa shape index (κ2) is 15.1. The second-order valence-electron chi connectivity index (χ2n) is 8.88. The van der Waals surface area contributed by atoms with Crippen molar-refractivity contribution >= 4 is 0 Å². The first-order valence-corrected chi connectivity index (χ1v) is 13.1. The second-order valence-corrected chi connectivity index (χ2v) is 8.88. The zero-order valence-electron chi connectivity index (χ0n) is 21.0. The first-order valence-electron chi connectivity index (χ1n) is 13.1. The fraction of sp³-hybridized carbons (Fsp3) is 0.467. The summed E-state index contributed by atoms with van der Waals surface area (Å²) in [6.45, 7) is 6.03. The molecule has 1 aromatic heterocycles. The number of nitrogens with zero attached hydrogens (tertiary/aromatic N) is 2. The molecule has 0 unspecified atom stereocenters. The molecule has 4 heteroatoms. The minimum Gasteiger partial charge on any atom is -0.494 e. The molecule has 0 atom stereocenters. The van der Waals surface area contributed by atoms with Gasteiger partial charge in [0.25, 0.3) is 0 Å². The summed E-state index contributed by atoms with van der Waals surface area (Å²) in [6, 6.07) is 20.3. The molecule has 0 radical (unpaired) electrons. The molecule has 0 aliphatic carbocycles. The third kappa shape index (κ3) is 8.81. The van der Waals surface area contributed by atoms with E-state index >= 15 is 0 Å². The van der Waals surface area contributed by atoms with Crippen molar-refractivity contribution in [2.75, 3.05) is 13.2 Å². The summed E-state index contributed by atoms with van der Waals surface area (Å²) in [6.07, 6.45) is 12.5. The van der Waals surface area contributed by atoms with Gasteiger partial charge < -0.3 is 9.47 Å². The molecule has 2 aromatic carbocycles. The van der Waals surface area contributed by atoms with Crippen LogP contribution in [0.2, 0.25) is 0 Å². The van der Waals surface area contributed by atoms with Gasteiger partial charge in [-0.25, -0.2) is 0 Å². The van der Waals surface area contributed by atoms with Crippen LogP contribution in [0.3, 0.4) is 0 Å². The van der Waals surface area contributed by atoms with Gasteiger partial charge in [0.15, 0.2) is 0 Å². The Hall–Kier alpha value is -2.88. The summed E-state index contributed by atoms with van der Waals surface area (Å²) in [5.41, 5.74) is 3.80. The van der Waals surface area contributed by atoms with Crippen LogP contribution in [0.4, 0.5) is 0 Å². The highest BCUT2D eigenvalue weighted by Crippen LogP contribution is 2.24. The van der Waals surface area contributed by atoms with E-state index in [9.17, 15) is 0 Å². The van der Waals surface area contributed by atoms with Gasteiger partial charge in [-0.2, -0.15) is 0 Å². The molecule has 3 aromatic rings. The largest absolute Gasteiger partial charge is 0.494 e. The van der Waals surface area contributed by atoms with Crippen LogP contribution in [0.5, 0.6) is 11.5 Å². The number of hydrogen-bond acceptors (Lipinski definition) is 4. The van der Waals surface area contributed by atoms with Crippen molar-refractivity contribution in [2.45, 2.75) is 78.1 Å². The predicted molar refractivity (Wildman–Crippen MR) is 141 cm³/mol. The predicted octanol–water partition coefficient (Wildman–Crippen LogP) is 8.51. The average molecular weight is 461 g/mol. The summed E-state index contributed by atoms with van der Waals surface area (Å²) in [4.78, 5) is 0. The molecule has 0 aliphatic heterocycles. The van der Waals surface area contributed by atoms with E-state index in [1.54, 1.807) is 0 Å². The molecule has 4 nitrogen and oxygen atoms in total. The Morgan fingerprint density at radius 3 is 1.21 bits per heavy atom. The van der Waals surface area contributed by atoms with Crippen LogP contribution in [-0.4, -0.2) is 23.4 Å². The van der Waals surface area contributed by atoms with E-state index in [2.05, 4.69) is 24.0 Å². The van der Waals surface area contributed by atoms with Crippen LogP contribution in [0, 0.1) is 0 Å². The Bertz CT molecular complexity index is 843. The van der Waals surface area contributed by atoms with E-state index in [1.807, 2.05) is 60.7 Å². The van der Waals surface area contributed by atoms with Gasteiger partial charge in [0.2, 0.25) is 0 Å². The van der Waals surface area contributed by atoms with Gasteiger partial charge in [-0.05, 0) is 73.5 Å². The molecule has 0 spiro atoms. The quantitative estimate of drug-likeness (QED) is 0.201. The maximum atomic E-state index is 5.86. The molecule has 0 aliphatic rings. The van der Waals surface area contributed by atoms with Gasteiger partial charge in [-0.15, -0.1) is 10.2 Å². The molecule has 0 saturated carbocycles. The standard InChI is InChI=1S/C30H40N2O2/c1-3-5-7-9-11-23-33-27-17-13-25(14-18-27)29-21-22-30(32-31-29)26-15-19-28(20-16-26)34-24-12-10-8-6-4-2/h13-22H,3-12,23-24H2,1-2H3. The molecule has 0 N–H and O–H groups in total. The van der Waals surface area contributed by atoms with Gasteiger partial charge in [-0.3, -0.25) is 0 Å². The summed E-state index contributed by atoms with van der Waals surface area (Å²) in [5.74, 6) is 1.82. The molecule has 0 bridgehead atoms. The summed E-state index contributed by atoms with van der Waals surface area (Å²) >= 11 is 0. The molecule has 3 rings (SSSR count). The first kappa shape index (κ1) is 25.7. The Morgan fingerprint density at radius 1 is 0.471 bits per heavy atom. The lowest BCUT2D eigenvalue weighted by molar-refractivity contribution is 0.304. The lowest BCUT2D eigenvalue weighted by Crippen LogP contribution is -1.97. The minimum absolute atomic E-state index is 0.778. The maximum Gasteiger partial charge on any atom is 0.119 e. The number of aromatic nitrogens is 2. The van der Waals surface area contributed by atoms with E-state index in [-0.39, 0.29) is 0 Å². The van der Waals surface area contributed by atoms with Crippen molar-refractivity contribution in [3.63, 3.8) is 0 Å². The van der Waals surface area contributed by atoms with Crippen molar-refractivity contribution in [1.82, 2.24) is 10.2 Å². The Labute approximate surface area is 205 Å². The van der Waals surface area contributed by atoms with Crippen LogP contribution in [0.25, 0.3) is 22.5 Å². The van der Waals surface area contributed by atoms with E-state index < -0.39 is 0 Å². The Balaban J connectivity index is 1.46. The maximum absolute atomic E-state index is 5.86. The fourth-order valence-electron chi connectivity index (χ4n) is 3.88. The topological polar surface area (TPSA) is 44.2 Å². The molecular weight excluding hydrogens is 420 g/mol. The fourth-order valence-corrected chi connectivity index (χ4v) is 3.88. The normalized spacial score (nSPS) is 10.9. The molecule has 1 heterocycles. The van der Waals surface area contributed by atoms with Gasteiger partial charge in [-0.1, -0.05) is 65.2 Å². The summed E-state index contributed by atoms with van der Waals surface area (Å²) in [5, 5.41) is 8.89. The first-order chi connectivity index (χ1) is 16.8. The monoisotopic (exact) mass is 460 g/mol. The highest BCUT2D eigenvalue weighted by atomic mass is 16.5. The van der Waals surface area contributed by atoms with Crippen LogP contribution in [0.1, 0.15) is 78.1 Å². The van der Waals surface area contributed by atoms with Crippen molar-refractivity contribution < 1.29 is 9.47 Å². The van der Waals surface area contributed by atoms with Gasteiger partial charge in [0, 0.05) is 11.1 Å². The van der Waals surface area contributed by atoms with Crippen LogP contribution in [0.15, 0.2) is 60.7 Å². The molecule has 182 valence electrons. The van der Waals surface area contributed by atoms with Gasteiger partial charge in [0.1, 0.15) is 11.5 Å². The number of unbranched alkanes of at least 4 members (excludes halogenated alkanes) is 8. The lowest BCUT2D eigenvalue weighted by Gasteiger charge is -2.08. The van der Waals surface area contributed by atoms with Crippen LogP contribution < -0.4 is 9.47 Å². The SMILES string of the molecule is CCCCCCCOc1ccc(-c2ccc(-c3ccc(OCCCCCCC)cc3)nn2)cc1. The molecule has 0 amide bonds. The lowest BCUT2D eigenvalue weighted by atomic mass is 10.1. The highest BCUT2D eigenvalue weighted by molar-refractivity contribution is 5.64. The Morgan fingerprint density at radius 2 is 0.853 bits per heavy atom. The highest BCUT2D eigenvalue weighted by Gasteiger charge is 2.05. The molecule has 0 fully saturated rings. The Kier molecular flexibility index (Phi) is 11.4. The number of ether oxygens (including phenoxy) is 2. The van der Waals surface area contributed by atoms with Crippen molar-refractivity contribution in [1.29, 1.82) is 0 Å². The zero-order valence-corrected chi connectivity index (χ0v) is 21.0. The van der Waals surface area contributed by atoms with Crippen molar-refractivity contribution in [3.8, 4) is 34.0 Å².